The van der Waals surface area contributed by atoms with Gasteiger partial charge in [0, 0.05) is 13.1 Å². The van der Waals surface area contributed by atoms with Gasteiger partial charge in [-0.15, -0.1) is 0 Å². The lowest BCUT2D eigenvalue weighted by Gasteiger charge is -2.27. The average Bonchev–Trinajstić information content (AvgIpc) is 2.75. The van der Waals surface area contributed by atoms with E-state index >= 15 is 0 Å². The number of alkyl carbamates (subject to hydrolysis) is 1. The number of nitrogens with one attached hydrogen (secondary N) is 1. The third-order valence-corrected chi connectivity index (χ3v) is 6.02. The van der Waals surface area contributed by atoms with Gasteiger partial charge >= 0.3 is 12.3 Å². The van der Waals surface area contributed by atoms with Crippen molar-refractivity contribution < 1.29 is 27.5 Å². The molecular formula is C16H25F3N2O3. The van der Waals surface area contributed by atoms with Crippen LogP contribution in [-0.4, -0.2) is 49.3 Å². The van der Waals surface area contributed by atoms with Crippen LogP contribution >= 0.6 is 0 Å². The van der Waals surface area contributed by atoms with Crippen LogP contribution in [-0.2, 0) is 9.53 Å². The molecule has 2 rings (SSSR count). The van der Waals surface area contributed by atoms with E-state index in [-0.39, 0.29) is 23.3 Å². The maximum Gasteiger partial charge on any atom is 0.407 e. The van der Waals surface area contributed by atoms with Crippen molar-refractivity contribution >= 4 is 12.0 Å². The molecule has 8 heteroatoms. The first-order valence-electron chi connectivity index (χ1n) is 7.97. The topological polar surface area (TPSA) is 58.6 Å². The van der Waals surface area contributed by atoms with Crippen LogP contribution in [0.15, 0.2) is 0 Å². The summed E-state index contributed by atoms with van der Waals surface area (Å²) in [6, 6.07) is 0. The highest BCUT2D eigenvalue weighted by molar-refractivity contribution is 5.82. The Morgan fingerprint density at radius 3 is 2.29 bits per heavy atom. The van der Waals surface area contributed by atoms with Crippen LogP contribution in [0, 0.1) is 22.2 Å². The molecule has 2 fully saturated rings. The Balaban J connectivity index is 1.73. The number of nitrogens with zero attached hydrogens (tertiary/aromatic N) is 1. The summed E-state index contributed by atoms with van der Waals surface area (Å²) >= 11 is 0. The van der Waals surface area contributed by atoms with Crippen molar-refractivity contribution in [2.45, 2.75) is 40.8 Å². The molecule has 5 nitrogen and oxygen atoms in total. The van der Waals surface area contributed by atoms with Crippen molar-refractivity contribution in [3.05, 3.63) is 0 Å². The molecule has 1 aliphatic heterocycles. The van der Waals surface area contributed by atoms with E-state index in [1.54, 1.807) is 4.90 Å². The maximum absolute atomic E-state index is 12.7. The molecule has 0 bridgehead atoms. The summed E-state index contributed by atoms with van der Waals surface area (Å²) in [7, 11) is 0. The van der Waals surface area contributed by atoms with E-state index in [2.05, 4.69) is 30.8 Å². The van der Waals surface area contributed by atoms with Crippen LogP contribution in [0.5, 0.6) is 0 Å². The number of amides is 2. The Hall–Kier alpha value is -1.47. The minimum atomic E-state index is -4.47. The molecule has 0 aromatic rings. The number of alkyl halides is 3. The Morgan fingerprint density at radius 2 is 1.83 bits per heavy atom. The molecule has 1 aliphatic carbocycles. The molecule has 2 atom stereocenters. The van der Waals surface area contributed by atoms with Gasteiger partial charge in [-0.2, -0.15) is 13.2 Å². The second-order valence-corrected chi connectivity index (χ2v) is 8.28. The lowest BCUT2D eigenvalue weighted by molar-refractivity contribution is -0.221. The Kier molecular flexibility index (Phi) is 4.34. The SMILES string of the molecule is CC(C)(COC(=O)NCC(=O)N1C[C@H]2C(C)(C)[C@@]2(C)C1)C(F)(F)F. The van der Waals surface area contributed by atoms with Crippen molar-refractivity contribution in [3.8, 4) is 0 Å². The Labute approximate surface area is 139 Å². The van der Waals surface area contributed by atoms with E-state index in [1.165, 1.54) is 0 Å². The summed E-state index contributed by atoms with van der Waals surface area (Å²) in [5.41, 5.74) is -1.80. The van der Waals surface area contributed by atoms with Crippen molar-refractivity contribution in [3.63, 3.8) is 0 Å². The van der Waals surface area contributed by atoms with E-state index in [0.29, 0.717) is 19.0 Å². The molecule has 0 aromatic carbocycles. The summed E-state index contributed by atoms with van der Waals surface area (Å²) in [6.45, 7) is 8.63. The number of hydrogen-bond donors (Lipinski definition) is 1. The van der Waals surface area contributed by atoms with E-state index in [9.17, 15) is 22.8 Å². The summed E-state index contributed by atoms with van der Waals surface area (Å²) in [6.07, 6.45) is -5.49. The van der Waals surface area contributed by atoms with Gasteiger partial charge in [-0.1, -0.05) is 20.8 Å². The van der Waals surface area contributed by atoms with Crippen LogP contribution in [0.25, 0.3) is 0 Å². The smallest absolute Gasteiger partial charge is 0.407 e. The molecule has 0 aromatic heterocycles. The molecule has 2 aliphatic rings. The van der Waals surface area contributed by atoms with Gasteiger partial charge in [-0.05, 0) is 30.6 Å². The van der Waals surface area contributed by atoms with Gasteiger partial charge in [0.15, 0.2) is 0 Å². The minimum Gasteiger partial charge on any atom is -0.449 e. The molecule has 0 unspecified atom stereocenters. The van der Waals surface area contributed by atoms with Crippen LogP contribution in [0.1, 0.15) is 34.6 Å². The number of halogens is 3. The first-order valence-corrected chi connectivity index (χ1v) is 7.97. The molecule has 1 saturated carbocycles. The number of piperidine rings is 1. The van der Waals surface area contributed by atoms with Gasteiger partial charge < -0.3 is 15.0 Å². The van der Waals surface area contributed by atoms with Gasteiger partial charge in [0.25, 0.3) is 0 Å². The average molecular weight is 350 g/mol. The number of rotatable bonds is 4. The number of hydrogen-bond acceptors (Lipinski definition) is 3. The van der Waals surface area contributed by atoms with Crippen molar-refractivity contribution in [1.29, 1.82) is 0 Å². The predicted molar refractivity (Wildman–Crippen MR) is 81.1 cm³/mol. The summed E-state index contributed by atoms with van der Waals surface area (Å²) in [5, 5.41) is 2.23. The number of carbonyl (C=O) groups is 2. The fourth-order valence-electron chi connectivity index (χ4n) is 3.45. The van der Waals surface area contributed by atoms with Crippen molar-refractivity contribution in [2.75, 3.05) is 26.2 Å². The summed E-state index contributed by atoms with van der Waals surface area (Å²) in [4.78, 5) is 25.3. The zero-order valence-electron chi connectivity index (χ0n) is 14.7. The highest BCUT2D eigenvalue weighted by Crippen LogP contribution is 2.71. The largest absolute Gasteiger partial charge is 0.449 e. The molecule has 138 valence electrons. The quantitative estimate of drug-likeness (QED) is 0.848. The number of likely N-dealkylation sites (tertiary alicyclic amines) is 1. The van der Waals surface area contributed by atoms with Crippen molar-refractivity contribution in [2.24, 2.45) is 22.2 Å². The van der Waals surface area contributed by atoms with Gasteiger partial charge in [0.2, 0.25) is 5.91 Å². The third-order valence-electron chi connectivity index (χ3n) is 6.02. The highest BCUT2D eigenvalue weighted by Gasteiger charge is 2.71. The zero-order chi connectivity index (χ0) is 18.6. The molecule has 1 N–H and O–H groups in total. The van der Waals surface area contributed by atoms with Crippen LogP contribution in [0.2, 0.25) is 0 Å². The second kappa shape index (κ2) is 5.52. The Bertz CT molecular complexity index is 545. The first-order chi connectivity index (χ1) is 10.7. The normalized spacial score (nSPS) is 28.3. The number of fused-ring (bicyclic) bond motifs is 1. The Morgan fingerprint density at radius 1 is 1.25 bits per heavy atom. The second-order valence-electron chi connectivity index (χ2n) is 8.28. The molecular weight excluding hydrogens is 325 g/mol. The van der Waals surface area contributed by atoms with Crippen LogP contribution in [0.3, 0.4) is 0 Å². The number of ether oxygens (including phenoxy) is 1. The van der Waals surface area contributed by atoms with Gasteiger partial charge in [0.1, 0.15) is 13.2 Å². The van der Waals surface area contributed by atoms with Crippen molar-refractivity contribution in [1.82, 2.24) is 10.2 Å². The fraction of sp³-hybridized carbons (Fsp3) is 0.875. The minimum absolute atomic E-state index is 0.111. The number of carbonyl (C=O) groups excluding carboxylic acids is 2. The molecule has 0 spiro atoms. The predicted octanol–water partition coefficient (Wildman–Crippen LogP) is 2.81. The first kappa shape index (κ1) is 18.9. The molecule has 1 saturated heterocycles. The van der Waals surface area contributed by atoms with E-state index in [0.717, 1.165) is 13.8 Å². The molecule has 24 heavy (non-hydrogen) atoms. The lowest BCUT2D eigenvalue weighted by atomic mass is 9.94. The van der Waals surface area contributed by atoms with Gasteiger partial charge in [-0.3, -0.25) is 4.79 Å². The molecule has 2 amide bonds. The van der Waals surface area contributed by atoms with E-state index in [4.69, 9.17) is 0 Å². The lowest BCUT2D eigenvalue weighted by Crippen LogP contribution is -2.43. The van der Waals surface area contributed by atoms with Gasteiger partial charge in [0.05, 0.1) is 5.41 Å². The van der Waals surface area contributed by atoms with Crippen LogP contribution < -0.4 is 5.32 Å². The van der Waals surface area contributed by atoms with Crippen LogP contribution in [0.4, 0.5) is 18.0 Å². The van der Waals surface area contributed by atoms with E-state index < -0.39 is 24.3 Å². The highest BCUT2D eigenvalue weighted by atomic mass is 19.4. The maximum atomic E-state index is 12.7. The zero-order valence-corrected chi connectivity index (χ0v) is 14.7. The molecule has 0 radical (unpaired) electrons. The molecule has 1 heterocycles. The van der Waals surface area contributed by atoms with E-state index in [1.807, 2.05) is 0 Å². The van der Waals surface area contributed by atoms with Gasteiger partial charge in [-0.25, -0.2) is 4.79 Å². The fourth-order valence-corrected chi connectivity index (χ4v) is 3.45. The standard InChI is InChI=1S/C16H25F3N2O3/c1-13(2,16(17,18)19)9-24-12(23)20-6-11(22)21-7-10-14(3,4)15(10,5)8-21/h10H,6-9H2,1-5H3,(H,20,23)/t10-,15-/m0/s1. The monoisotopic (exact) mass is 350 g/mol. The summed E-state index contributed by atoms with van der Waals surface area (Å²) < 4.78 is 42.6. The third kappa shape index (κ3) is 3.07. The summed E-state index contributed by atoms with van der Waals surface area (Å²) in [5.74, 6) is 0.208.